The fourth-order valence-corrected chi connectivity index (χ4v) is 1.88. The van der Waals surface area contributed by atoms with E-state index in [2.05, 4.69) is 10.6 Å². The minimum atomic E-state index is -2.98. The molecular weight excluding hydrogens is 252 g/mol. The van der Waals surface area contributed by atoms with Crippen molar-refractivity contribution in [2.75, 3.05) is 30.4 Å². The zero-order valence-electron chi connectivity index (χ0n) is 10.6. The summed E-state index contributed by atoms with van der Waals surface area (Å²) in [6.45, 7) is 2.29. The Balaban J connectivity index is 2.33. The monoisotopic (exact) mass is 270 g/mol. The van der Waals surface area contributed by atoms with Gasteiger partial charge < -0.3 is 10.6 Å². The summed E-state index contributed by atoms with van der Waals surface area (Å²) in [6.07, 6.45) is 1.17. The van der Waals surface area contributed by atoms with Gasteiger partial charge in [-0.15, -0.1) is 0 Å². The second-order valence-electron chi connectivity index (χ2n) is 4.17. The number of aryl methyl sites for hydroxylation is 1. The van der Waals surface area contributed by atoms with Crippen LogP contribution in [0.4, 0.5) is 5.69 Å². The molecule has 0 aromatic heterocycles. The molecular formula is C12H18N2O3S. The summed E-state index contributed by atoms with van der Waals surface area (Å²) in [5.41, 5.74) is 1.76. The lowest BCUT2D eigenvalue weighted by atomic mass is 10.2. The molecule has 0 atom stereocenters. The van der Waals surface area contributed by atoms with Crippen molar-refractivity contribution in [2.45, 2.75) is 6.92 Å². The van der Waals surface area contributed by atoms with E-state index in [1.54, 1.807) is 0 Å². The highest BCUT2D eigenvalue weighted by Crippen LogP contribution is 2.12. The number of anilines is 1. The molecule has 5 nitrogen and oxygen atoms in total. The number of amides is 1. The average molecular weight is 270 g/mol. The first-order valence-electron chi connectivity index (χ1n) is 5.62. The van der Waals surface area contributed by atoms with Gasteiger partial charge in [0, 0.05) is 18.5 Å². The van der Waals surface area contributed by atoms with Crippen LogP contribution in [-0.4, -0.2) is 39.4 Å². The van der Waals surface area contributed by atoms with E-state index in [0.29, 0.717) is 0 Å². The van der Waals surface area contributed by atoms with E-state index >= 15 is 0 Å². The van der Waals surface area contributed by atoms with E-state index < -0.39 is 9.84 Å². The lowest BCUT2D eigenvalue weighted by Crippen LogP contribution is -2.31. The standard InChI is InChI=1S/C12H18N2O3S/c1-10-5-3-4-6-11(10)14-12(15)9-13-7-8-18(2,16)17/h3-6,13H,7-9H2,1-2H3,(H,14,15). The highest BCUT2D eigenvalue weighted by atomic mass is 32.2. The van der Waals surface area contributed by atoms with Crippen LogP contribution in [0.2, 0.25) is 0 Å². The van der Waals surface area contributed by atoms with E-state index in [0.717, 1.165) is 11.3 Å². The largest absolute Gasteiger partial charge is 0.325 e. The smallest absolute Gasteiger partial charge is 0.238 e. The number of hydrogen-bond donors (Lipinski definition) is 2. The topological polar surface area (TPSA) is 75.3 Å². The van der Waals surface area contributed by atoms with E-state index in [-0.39, 0.29) is 24.7 Å². The summed E-state index contributed by atoms with van der Waals surface area (Å²) in [5.74, 6) is -0.150. The minimum absolute atomic E-state index is 0.0324. The molecule has 0 fully saturated rings. The Morgan fingerprint density at radius 2 is 1.94 bits per heavy atom. The van der Waals surface area contributed by atoms with Crippen LogP contribution in [0.5, 0.6) is 0 Å². The van der Waals surface area contributed by atoms with Crippen molar-refractivity contribution in [3.63, 3.8) is 0 Å². The van der Waals surface area contributed by atoms with Gasteiger partial charge in [0.05, 0.1) is 12.3 Å². The van der Waals surface area contributed by atoms with Crippen molar-refractivity contribution >= 4 is 21.4 Å². The van der Waals surface area contributed by atoms with Crippen molar-refractivity contribution in [1.82, 2.24) is 5.32 Å². The Hall–Kier alpha value is -1.40. The predicted octanol–water partition coefficient (Wildman–Crippen LogP) is 0.568. The highest BCUT2D eigenvalue weighted by Gasteiger charge is 2.05. The zero-order chi connectivity index (χ0) is 13.6. The van der Waals surface area contributed by atoms with Gasteiger partial charge in [-0.3, -0.25) is 4.79 Å². The van der Waals surface area contributed by atoms with Crippen LogP contribution in [0.25, 0.3) is 0 Å². The van der Waals surface area contributed by atoms with Crippen LogP contribution in [0.3, 0.4) is 0 Å². The Bertz CT molecular complexity index is 512. The van der Waals surface area contributed by atoms with Gasteiger partial charge >= 0.3 is 0 Å². The number of carbonyl (C=O) groups excluding carboxylic acids is 1. The third-order valence-corrected chi connectivity index (χ3v) is 3.30. The molecule has 100 valence electrons. The highest BCUT2D eigenvalue weighted by molar-refractivity contribution is 7.90. The molecule has 1 aromatic carbocycles. The molecule has 0 saturated heterocycles. The van der Waals surface area contributed by atoms with Crippen molar-refractivity contribution in [2.24, 2.45) is 0 Å². The van der Waals surface area contributed by atoms with Crippen LogP contribution in [0.1, 0.15) is 5.56 Å². The minimum Gasteiger partial charge on any atom is -0.325 e. The average Bonchev–Trinajstić information content (AvgIpc) is 2.26. The fraction of sp³-hybridized carbons (Fsp3) is 0.417. The lowest BCUT2D eigenvalue weighted by molar-refractivity contribution is -0.115. The number of hydrogen-bond acceptors (Lipinski definition) is 4. The van der Waals surface area contributed by atoms with E-state index in [1.165, 1.54) is 6.26 Å². The SMILES string of the molecule is Cc1ccccc1NC(=O)CNCCS(C)(=O)=O. The van der Waals surface area contributed by atoms with Gasteiger partial charge in [-0.05, 0) is 18.6 Å². The number of carbonyl (C=O) groups is 1. The molecule has 0 aliphatic rings. The summed E-state index contributed by atoms with van der Waals surface area (Å²) < 4.78 is 21.7. The molecule has 6 heteroatoms. The summed E-state index contributed by atoms with van der Waals surface area (Å²) in [5, 5.41) is 5.55. The first-order valence-corrected chi connectivity index (χ1v) is 7.68. The maximum atomic E-state index is 11.6. The van der Waals surface area contributed by atoms with Crippen molar-refractivity contribution in [3.8, 4) is 0 Å². The number of rotatable bonds is 6. The number of sulfone groups is 1. The molecule has 0 bridgehead atoms. The second kappa shape index (κ2) is 6.51. The van der Waals surface area contributed by atoms with Crippen LogP contribution < -0.4 is 10.6 Å². The van der Waals surface area contributed by atoms with Crippen molar-refractivity contribution in [3.05, 3.63) is 29.8 Å². The van der Waals surface area contributed by atoms with E-state index in [1.807, 2.05) is 31.2 Å². The molecule has 0 radical (unpaired) electrons. The number of nitrogens with one attached hydrogen (secondary N) is 2. The summed E-state index contributed by atoms with van der Waals surface area (Å²) in [7, 11) is -2.98. The Morgan fingerprint density at radius 3 is 2.56 bits per heavy atom. The van der Waals surface area contributed by atoms with Crippen LogP contribution in [-0.2, 0) is 14.6 Å². The first-order chi connectivity index (χ1) is 8.38. The number of para-hydroxylation sites is 1. The van der Waals surface area contributed by atoms with Gasteiger partial charge in [-0.1, -0.05) is 18.2 Å². The van der Waals surface area contributed by atoms with Gasteiger partial charge in [0.1, 0.15) is 9.84 Å². The van der Waals surface area contributed by atoms with Gasteiger partial charge in [-0.25, -0.2) is 8.42 Å². The van der Waals surface area contributed by atoms with Gasteiger partial charge in [0.2, 0.25) is 5.91 Å². The first kappa shape index (κ1) is 14.7. The van der Waals surface area contributed by atoms with Crippen LogP contribution in [0.15, 0.2) is 24.3 Å². The molecule has 2 N–H and O–H groups in total. The van der Waals surface area contributed by atoms with Crippen molar-refractivity contribution < 1.29 is 13.2 Å². The molecule has 0 spiro atoms. The Kier molecular flexibility index (Phi) is 5.30. The fourth-order valence-electron chi connectivity index (χ4n) is 1.37. The molecule has 0 aliphatic carbocycles. The summed E-state index contributed by atoms with van der Waals surface area (Å²) >= 11 is 0. The molecule has 18 heavy (non-hydrogen) atoms. The van der Waals surface area contributed by atoms with Gasteiger partial charge in [0.25, 0.3) is 0 Å². The molecule has 0 unspecified atom stereocenters. The summed E-state index contributed by atoms with van der Waals surface area (Å²) in [4.78, 5) is 11.6. The maximum Gasteiger partial charge on any atom is 0.238 e. The molecule has 0 saturated carbocycles. The van der Waals surface area contributed by atoms with E-state index in [4.69, 9.17) is 0 Å². The molecule has 1 amide bonds. The third-order valence-electron chi connectivity index (χ3n) is 2.35. The third kappa shape index (κ3) is 5.79. The van der Waals surface area contributed by atoms with Crippen molar-refractivity contribution in [1.29, 1.82) is 0 Å². The molecule has 1 aromatic rings. The summed E-state index contributed by atoms with van der Waals surface area (Å²) in [6, 6.07) is 7.48. The number of benzene rings is 1. The Labute approximate surface area is 108 Å². The maximum absolute atomic E-state index is 11.6. The van der Waals surface area contributed by atoms with Crippen LogP contribution in [0, 0.1) is 6.92 Å². The Morgan fingerprint density at radius 1 is 1.28 bits per heavy atom. The van der Waals surface area contributed by atoms with Gasteiger partial charge in [-0.2, -0.15) is 0 Å². The molecule has 0 aliphatic heterocycles. The molecule has 0 heterocycles. The zero-order valence-corrected chi connectivity index (χ0v) is 11.4. The van der Waals surface area contributed by atoms with E-state index in [9.17, 15) is 13.2 Å². The quantitative estimate of drug-likeness (QED) is 0.741. The lowest BCUT2D eigenvalue weighted by Gasteiger charge is -2.08. The second-order valence-corrected chi connectivity index (χ2v) is 6.43. The molecule has 1 rings (SSSR count). The normalized spacial score (nSPS) is 11.2. The van der Waals surface area contributed by atoms with Crippen LogP contribution >= 0.6 is 0 Å². The van der Waals surface area contributed by atoms with Gasteiger partial charge in [0.15, 0.2) is 0 Å². The predicted molar refractivity (Wildman–Crippen MR) is 72.4 cm³/mol.